The van der Waals surface area contributed by atoms with Gasteiger partial charge in [-0.25, -0.2) is 9.78 Å². The van der Waals surface area contributed by atoms with E-state index < -0.39 is 72.6 Å². The summed E-state index contributed by atoms with van der Waals surface area (Å²) >= 11 is 0. The fourth-order valence-electron chi connectivity index (χ4n) is 3.39. The van der Waals surface area contributed by atoms with Gasteiger partial charge in [-0.05, 0) is 24.1 Å². The first-order chi connectivity index (χ1) is 18.3. The third-order valence-corrected chi connectivity index (χ3v) is 5.35. The number of nitrogens with two attached hydrogens (primary N) is 1. The molecule has 10 N–H and O–H groups in total. The van der Waals surface area contributed by atoms with Gasteiger partial charge in [-0.2, -0.15) is 0 Å². The van der Waals surface area contributed by atoms with Crippen molar-refractivity contribution in [3.05, 3.63) is 48.0 Å². The second kappa shape index (κ2) is 14.1. The number of phenols is 1. The van der Waals surface area contributed by atoms with Gasteiger partial charge in [0.25, 0.3) is 0 Å². The van der Waals surface area contributed by atoms with E-state index in [0.29, 0.717) is 11.3 Å². The van der Waals surface area contributed by atoms with E-state index in [1.165, 1.54) is 36.8 Å². The highest BCUT2D eigenvalue weighted by molar-refractivity contribution is 5.96. The molecule has 210 valence electrons. The molecule has 1 heterocycles. The lowest BCUT2D eigenvalue weighted by Gasteiger charge is -2.24. The Hall–Kier alpha value is -4.99. The fraction of sp³-hybridized carbons (Fsp3) is 0.348. The molecule has 0 fully saturated rings. The molecule has 0 aliphatic heterocycles. The van der Waals surface area contributed by atoms with Crippen LogP contribution in [0, 0.1) is 0 Å². The Labute approximate surface area is 220 Å². The molecule has 0 radical (unpaired) electrons. The second-order valence-corrected chi connectivity index (χ2v) is 8.48. The predicted molar refractivity (Wildman–Crippen MR) is 130 cm³/mol. The van der Waals surface area contributed by atoms with Crippen molar-refractivity contribution in [3.63, 3.8) is 0 Å². The number of aromatic hydroxyl groups is 1. The fourth-order valence-corrected chi connectivity index (χ4v) is 3.39. The van der Waals surface area contributed by atoms with Gasteiger partial charge >= 0.3 is 17.9 Å². The summed E-state index contributed by atoms with van der Waals surface area (Å²) in [6.07, 6.45) is 0.460. The molecular formula is C23H28N6O10. The average Bonchev–Trinajstić information content (AvgIpc) is 3.36. The zero-order valence-corrected chi connectivity index (χ0v) is 20.4. The SMILES string of the molecule is NC(Cc1ccc(O)cc1)C(=O)NC(CC(=O)O)C(=O)NC(CC(=O)O)C(=O)NC(Cc1cnc[nH]1)C(=O)O. The van der Waals surface area contributed by atoms with E-state index in [1.807, 2.05) is 0 Å². The van der Waals surface area contributed by atoms with Crippen molar-refractivity contribution in [2.75, 3.05) is 0 Å². The zero-order chi connectivity index (χ0) is 29.1. The number of benzene rings is 1. The van der Waals surface area contributed by atoms with Gasteiger partial charge in [-0.15, -0.1) is 0 Å². The number of H-pyrrole nitrogens is 1. The van der Waals surface area contributed by atoms with Crippen LogP contribution in [0.25, 0.3) is 0 Å². The van der Waals surface area contributed by atoms with Gasteiger partial charge in [0, 0.05) is 18.3 Å². The molecule has 1 aromatic carbocycles. The molecule has 16 heteroatoms. The number of nitrogens with zero attached hydrogens (tertiary/aromatic N) is 1. The molecule has 0 saturated carbocycles. The van der Waals surface area contributed by atoms with Gasteiger partial charge in [0.15, 0.2) is 0 Å². The van der Waals surface area contributed by atoms with Crippen molar-refractivity contribution in [1.29, 1.82) is 0 Å². The molecule has 2 aromatic rings. The van der Waals surface area contributed by atoms with E-state index >= 15 is 0 Å². The first kappa shape index (κ1) is 30.2. The third kappa shape index (κ3) is 10.1. The topological polar surface area (TPSA) is 274 Å². The monoisotopic (exact) mass is 548 g/mol. The molecule has 4 unspecified atom stereocenters. The maximum atomic E-state index is 12.8. The minimum absolute atomic E-state index is 0.00842. The van der Waals surface area contributed by atoms with Crippen molar-refractivity contribution in [1.82, 2.24) is 25.9 Å². The first-order valence-corrected chi connectivity index (χ1v) is 11.4. The van der Waals surface area contributed by atoms with Crippen molar-refractivity contribution >= 4 is 35.6 Å². The number of amides is 3. The number of hydrogen-bond acceptors (Lipinski definition) is 9. The lowest BCUT2D eigenvalue weighted by molar-refractivity contribution is -0.145. The normalized spacial score (nSPS) is 13.8. The lowest BCUT2D eigenvalue weighted by atomic mass is 10.0. The van der Waals surface area contributed by atoms with Crippen LogP contribution in [0.15, 0.2) is 36.8 Å². The van der Waals surface area contributed by atoms with Crippen LogP contribution in [0.3, 0.4) is 0 Å². The molecular weight excluding hydrogens is 520 g/mol. The quantitative estimate of drug-likeness (QED) is 0.114. The number of nitrogens with one attached hydrogen (secondary N) is 4. The van der Waals surface area contributed by atoms with E-state index in [2.05, 4.69) is 25.9 Å². The standard InChI is InChI=1S/C23H28N6O10/c24-14(5-11-1-3-13(30)4-2-11)20(35)27-15(7-18(31)32)21(36)28-16(8-19(33)34)22(37)29-17(23(38)39)6-12-9-25-10-26-12/h1-4,9-10,14-17,30H,5-8,24H2,(H,25,26)(H,27,35)(H,28,36)(H,29,37)(H,31,32)(H,33,34)(H,38,39). The molecule has 0 aliphatic rings. The third-order valence-electron chi connectivity index (χ3n) is 5.35. The Bertz CT molecular complexity index is 1180. The van der Waals surface area contributed by atoms with Crippen LogP contribution >= 0.6 is 0 Å². The van der Waals surface area contributed by atoms with E-state index in [4.69, 9.17) is 5.73 Å². The van der Waals surface area contributed by atoms with E-state index in [1.54, 1.807) is 0 Å². The first-order valence-electron chi connectivity index (χ1n) is 11.4. The Morgan fingerprint density at radius 3 is 1.77 bits per heavy atom. The number of rotatable bonds is 15. The van der Waals surface area contributed by atoms with Crippen molar-refractivity contribution in [3.8, 4) is 5.75 Å². The Morgan fingerprint density at radius 1 is 0.795 bits per heavy atom. The molecule has 3 amide bonds. The number of aromatic amines is 1. The largest absolute Gasteiger partial charge is 0.508 e. The van der Waals surface area contributed by atoms with Crippen molar-refractivity contribution in [2.24, 2.45) is 5.73 Å². The summed E-state index contributed by atoms with van der Waals surface area (Å²) in [6, 6.07) is -0.529. The summed E-state index contributed by atoms with van der Waals surface area (Å²) < 4.78 is 0. The van der Waals surface area contributed by atoms with Crippen molar-refractivity contribution in [2.45, 2.75) is 49.9 Å². The summed E-state index contributed by atoms with van der Waals surface area (Å²) in [6.45, 7) is 0. The minimum Gasteiger partial charge on any atom is -0.508 e. The molecule has 16 nitrogen and oxygen atoms in total. The lowest BCUT2D eigenvalue weighted by Crippen LogP contribution is -2.58. The summed E-state index contributed by atoms with van der Waals surface area (Å²) in [5.74, 6) is -7.75. The molecule has 0 bridgehead atoms. The number of carbonyl (C=O) groups is 6. The Kier molecular flexibility index (Phi) is 10.9. The molecule has 0 aliphatic carbocycles. The maximum absolute atomic E-state index is 12.8. The van der Waals surface area contributed by atoms with Gasteiger partial charge < -0.3 is 47.1 Å². The molecule has 4 atom stereocenters. The molecule has 2 rings (SSSR count). The smallest absolute Gasteiger partial charge is 0.326 e. The minimum atomic E-state index is -1.81. The number of carboxylic acid groups (broad SMARTS) is 3. The molecule has 0 saturated heterocycles. The molecule has 0 spiro atoms. The Balaban J connectivity index is 2.12. The predicted octanol–water partition coefficient (Wildman–Crippen LogP) is -2.28. The van der Waals surface area contributed by atoms with Crippen LogP contribution in [-0.4, -0.2) is 90.2 Å². The van der Waals surface area contributed by atoms with Gasteiger partial charge in [-0.3, -0.25) is 24.0 Å². The van der Waals surface area contributed by atoms with E-state index in [0.717, 1.165) is 0 Å². The number of aliphatic carboxylic acids is 3. The zero-order valence-electron chi connectivity index (χ0n) is 20.4. The summed E-state index contributed by atoms with van der Waals surface area (Å²) in [4.78, 5) is 78.8. The van der Waals surface area contributed by atoms with Gasteiger partial charge in [-0.1, -0.05) is 12.1 Å². The number of carboxylic acids is 3. The van der Waals surface area contributed by atoms with Crippen LogP contribution < -0.4 is 21.7 Å². The van der Waals surface area contributed by atoms with Crippen LogP contribution in [0.4, 0.5) is 0 Å². The second-order valence-electron chi connectivity index (χ2n) is 8.48. The molecule has 39 heavy (non-hydrogen) atoms. The number of imidazole rings is 1. The average molecular weight is 549 g/mol. The summed E-state index contributed by atoms with van der Waals surface area (Å²) in [7, 11) is 0. The Morgan fingerprint density at radius 2 is 1.31 bits per heavy atom. The number of carbonyl (C=O) groups excluding carboxylic acids is 3. The highest BCUT2D eigenvalue weighted by Crippen LogP contribution is 2.11. The molecule has 1 aromatic heterocycles. The highest BCUT2D eigenvalue weighted by atomic mass is 16.4. The number of phenolic OH excluding ortho intramolecular Hbond substituents is 1. The number of hydrogen-bond donors (Lipinski definition) is 9. The van der Waals surface area contributed by atoms with Crippen LogP contribution in [-0.2, 0) is 41.6 Å². The van der Waals surface area contributed by atoms with Crippen molar-refractivity contribution < 1.29 is 49.2 Å². The maximum Gasteiger partial charge on any atom is 0.326 e. The summed E-state index contributed by atoms with van der Waals surface area (Å²) in [5.41, 5.74) is 6.78. The van der Waals surface area contributed by atoms with E-state index in [9.17, 15) is 49.2 Å². The highest BCUT2D eigenvalue weighted by Gasteiger charge is 2.32. The van der Waals surface area contributed by atoms with Gasteiger partial charge in [0.2, 0.25) is 17.7 Å². The van der Waals surface area contributed by atoms with Gasteiger partial charge in [0.1, 0.15) is 23.9 Å². The van der Waals surface area contributed by atoms with Crippen LogP contribution in [0.1, 0.15) is 24.1 Å². The van der Waals surface area contributed by atoms with Crippen LogP contribution in [0.5, 0.6) is 5.75 Å². The van der Waals surface area contributed by atoms with Gasteiger partial charge in [0.05, 0.1) is 25.2 Å². The number of aromatic nitrogens is 2. The van der Waals surface area contributed by atoms with E-state index in [-0.39, 0.29) is 18.6 Å². The summed E-state index contributed by atoms with van der Waals surface area (Å²) in [5, 5.41) is 43.6. The van der Waals surface area contributed by atoms with Crippen LogP contribution in [0.2, 0.25) is 0 Å².